The Bertz CT molecular complexity index is 987. The first-order valence-electron chi connectivity index (χ1n) is 7.90. The number of nitrogens with zero attached hydrogens (tertiary/aromatic N) is 1. The zero-order valence-electron chi connectivity index (χ0n) is 14.0. The number of halogens is 2. The second-order valence-electron chi connectivity index (χ2n) is 5.61. The summed E-state index contributed by atoms with van der Waals surface area (Å²) in [6.45, 7) is 0. The van der Waals surface area contributed by atoms with Crippen LogP contribution in [0.5, 0.6) is 5.75 Å². The summed E-state index contributed by atoms with van der Waals surface area (Å²) in [5, 5.41) is 6.18. The molecule has 0 aliphatic heterocycles. The monoisotopic (exact) mass is 474 g/mol. The molecule has 4 nitrogen and oxygen atoms in total. The largest absolute Gasteiger partial charge is 0.496 e. The van der Waals surface area contributed by atoms with Crippen molar-refractivity contribution in [3.05, 3.63) is 74.7 Å². The maximum Gasteiger partial charge on any atom is 0.244 e. The lowest BCUT2D eigenvalue weighted by molar-refractivity contribution is -0.120. The molecule has 0 atom stereocenters. The molecule has 0 saturated carbocycles. The van der Waals surface area contributed by atoms with E-state index in [0.29, 0.717) is 5.75 Å². The van der Waals surface area contributed by atoms with Crippen LogP contribution in [0.25, 0.3) is 10.8 Å². The van der Waals surface area contributed by atoms with E-state index in [1.807, 2.05) is 54.6 Å². The summed E-state index contributed by atoms with van der Waals surface area (Å²) < 4.78 is 7.20. The Kier molecular flexibility index (Phi) is 6.06. The number of hydrogen-bond acceptors (Lipinski definition) is 3. The van der Waals surface area contributed by atoms with E-state index >= 15 is 0 Å². The van der Waals surface area contributed by atoms with Gasteiger partial charge >= 0.3 is 0 Å². The molecule has 1 N–H and O–H groups in total. The molecule has 0 spiro atoms. The van der Waals surface area contributed by atoms with Gasteiger partial charge in [-0.3, -0.25) is 4.79 Å². The van der Waals surface area contributed by atoms with Crippen LogP contribution >= 0.6 is 31.9 Å². The third kappa shape index (κ3) is 4.31. The van der Waals surface area contributed by atoms with E-state index in [2.05, 4.69) is 42.4 Å². The van der Waals surface area contributed by atoms with Crippen LogP contribution in [0, 0.1) is 0 Å². The molecule has 3 aromatic rings. The van der Waals surface area contributed by atoms with Crippen molar-refractivity contribution >= 4 is 54.8 Å². The Morgan fingerprint density at radius 1 is 1.12 bits per heavy atom. The SMILES string of the molecule is COc1ccc(Br)cc1/C=N/NC(=O)Cc1ccc(Br)c2ccccc12. The Hall–Kier alpha value is -2.18. The number of ether oxygens (including phenoxy) is 1. The summed E-state index contributed by atoms with van der Waals surface area (Å²) in [5.41, 5.74) is 4.31. The molecule has 6 heteroatoms. The molecule has 0 saturated heterocycles. The van der Waals surface area contributed by atoms with Crippen LogP contribution in [0.2, 0.25) is 0 Å². The highest BCUT2D eigenvalue weighted by molar-refractivity contribution is 9.11. The second-order valence-corrected chi connectivity index (χ2v) is 7.38. The van der Waals surface area contributed by atoms with Crippen molar-refractivity contribution in [2.75, 3.05) is 7.11 Å². The molecule has 1 amide bonds. The summed E-state index contributed by atoms with van der Waals surface area (Å²) >= 11 is 6.96. The summed E-state index contributed by atoms with van der Waals surface area (Å²) in [4.78, 5) is 12.3. The van der Waals surface area contributed by atoms with E-state index < -0.39 is 0 Å². The number of benzene rings is 3. The molecule has 0 unspecified atom stereocenters. The van der Waals surface area contributed by atoms with Crippen LogP contribution in [0.1, 0.15) is 11.1 Å². The molecule has 0 aromatic heterocycles. The van der Waals surface area contributed by atoms with Gasteiger partial charge in [0.25, 0.3) is 0 Å². The van der Waals surface area contributed by atoms with Crippen molar-refractivity contribution in [2.45, 2.75) is 6.42 Å². The lowest BCUT2D eigenvalue weighted by atomic mass is 10.0. The van der Waals surface area contributed by atoms with Gasteiger partial charge in [-0.2, -0.15) is 5.10 Å². The number of amides is 1. The Balaban J connectivity index is 1.72. The average molecular weight is 476 g/mol. The normalized spacial score (nSPS) is 11.0. The van der Waals surface area contributed by atoms with E-state index in [9.17, 15) is 4.79 Å². The molecule has 0 radical (unpaired) electrons. The summed E-state index contributed by atoms with van der Waals surface area (Å²) in [7, 11) is 1.60. The smallest absolute Gasteiger partial charge is 0.244 e. The molecule has 0 aliphatic rings. The quantitative estimate of drug-likeness (QED) is 0.414. The van der Waals surface area contributed by atoms with Crippen molar-refractivity contribution < 1.29 is 9.53 Å². The Morgan fingerprint density at radius 3 is 2.65 bits per heavy atom. The summed E-state index contributed by atoms with van der Waals surface area (Å²) in [6.07, 6.45) is 1.82. The fraction of sp³-hybridized carbons (Fsp3) is 0.100. The fourth-order valence-corrected chi connectivity index (χ4v) is 3.53. The van der Waals surface area contributed by atoms with Gasteiger partial charge in [0.15, 0.2) is 0 Å². The molecule has 0 fully saturated rings. The van der Waals surface area contributed by atoms with Crippen LogP contribution < -0.4 is 10.2 Å². The van der Waals surface area contributed by atoms with E-state index in [4.69, 9.17) is 4.74 Å². The molecular weight excluding hydrogens is 460 g/mol. The number of nitrogens with one attached hydrogen (secondary N) is 1. The first kappa shape index (κ1) is 18.6. The first-order chi connectivity index (χ1) is 12.6. The molecule has 132 valence electrons. The number of carbonyl (C=O) groups is 1. The summed E-state index contributed by atoms with van der Waals surface area (Å²) in [6, 6.07) is 17.5. The highest BCUT2D eigenvalue weighted by atomic mass is 79.9. The number of fused-ring (bicyclic) bond motifs is 1. The highest BCUT2D eigenvalue weighted by Crippen LogP contribution is 2.27. The lowest BCUT2D eigenvalue weighted by Crippen LogP contribution is -2.20. The summed E-state index contributed by atoms with van der Waals surface area (Å²) in [5.74, 6) is 0.507. The molecule has 0 bridgehead atoms. The lowest BCUT2D eigenvalue weighted by Gasteiger charge is -2.08. The van der Waals surface area contributed by atoms with Gasteiger partial charge in [0.05, 0.1) is 19.7 Å². The van der Waals surface area contributed by atoms with Crippen LogP contribution in [0.4, 0.5) is 0 Å². The van der Waals surface area contributed by atoms with Crippen molar-refractivity contribution in [3.8, 4) is 5.75 Å². The number of methoxy groups -OCH3 is 1. The average Bonchev–Trinajstić information content (AvgIpc) is 2.64. The molecule has 3 rings (SSSR count). The number of hydrazone groups is 1. The molecule has 0 aliphatic carbocycles. The highest BCUT2D eigenvalue weighted by Gasteiger charge is 2.08. The minimum absolute atomic E-state index is 0.178. The Morgan fingerprint density at radius 2 is 1.88 bits per heavy atom. The maximum atomic E-state index is 12.3. The van der Waals surface area contributed by atoms with Gasteiger partial charge in [0.2, 0.25) is 5.91 Å². The number of hydrogen-bond donors (Lipinski definition) is 1. The third-order valence-electron chi connectivity index (χ3n) is 3.90. The van der Waals surface area contributed by atoms with Gasteiger partial charge in [-0.15, -0.1) is 0 Å². The second kappa shape index (κ2) is 8.47. The Labute approximate surface area is 168 Å². The minimum Gasteiger partial charge on any atom is -0.496 e. The van der Waals surface area contributed by atoms with Gasteiger partial charge in [-0.25, -0.2) is 5.43 Å². The van der Waals surface area contributed by atoms with E-state index in [-0.39, 0.29) is 12.3 Å². The molecular formula is C20H16Br2N2O2. The standard InChI is InChI=1S/C20H16Br2N2O2/c1-26-19-9-7-15(21)10-14(19)12-23-24-20(25)11-13-6-8-18(22)17-5-3-2-4-16(13)17/h2-10,12H,11H2,1H3,(H,24,25)/b23-12+. The van der Waals surface area contributed by atoms with Crippen LogP contribution in [0.3, 0.4) is 0 Å². The van der Waals surface area contributed by atoms with Gasteiger partial charge in [-0.1, -0.05) is 62.2 Å². The van der Waals surface area contributed by atoms with Gasteiger partial charge in [0.1, 0.15) is 5.75 Å². The zero-order valence-corrected chi connectivity index (χ0v) is 17.2. The topological polar surface area (TPSA) is 50.7 Å². The zero-order chi connectivity index (χ0) is 18.5. The minimum atomic E-state index is -0.178. The van der Waals surface area contributed by atoms with Gasteiger partial charge < -0.3 is 4.74 Å². The fourth-order valence-electron chi connectivity index (χ4n) is 2.67. The van der Waals surface area contributed by atoms with Crippen LogP contribution in [-0.4, -0.2) is 19.2 Å². The molecule has 26 heavy (non-hydrogen) atoms. The first-order valence-corrected chi connectivity index (χ1v) is 9.48. The maximum absolute atomic E-state index is 12.3. The van der Waals surface area contributed by atoms with E-state index in [1.165, 1.54) is 0 Å². The van der Waals surface area contributed by atoms with Crippen molar-refractivity contribution in [3.63, 3.8) is 0 Å². The molecule has 3 aromatic carbocycles. The number of carbonyl (C=O) groups excluding carboxylic acids is 1. The van der Waals surface area contributed by atoms with E-state index in [0.717, 1.165) is 30.8 Å². The van der Waals surface area contributed by atoms with E-state index in [1.54, 1.807) is 13.3 Å². The van der Waals surface area contributed by atoms with Crippen molar-refractivity contribution in [1.29, 1.82) is 0 Å². The van der Waals surface area contributed by atoms with Crippen LogP contribution in [-0.2, 0) is 11.2 Å². The van der Waals surface area contributed by atoms with Crippen molar-refractivity contribution in [2.24, 2.45) is 5.10 Å². The predicted octanol–water partition coefficient (Wildman–Crippen LogP) is 5.07. The number of rotatable bonds is 5. The van der Waals surface area contributed by atoms with Gasteiger partial charge in [-0.05, 0) is 40.6 Å². The van der Waals surface area contributed by atoms with Crippen LogP contribution in [0.15, 0.2) is 68.6 Å². The third-order valence-corrected chi connectivity index (χ3v) is 5.08. The van der Waals surface area contributed by atoms with Crippen molar-refractivity contribution in [1.82, 2.24) is 5.43 Å². The molecule has 0 heterocycles. The predicted molar refractivity (Wildman–Crippen MR) is 112 cm³/mol. The van der Waals surface area contributed by atoms with Gasteiger partial charge in [0, 0.05) is 14.5 Å².